The van der Waals surface area contributed by atoms with E-state index in [0.29, 0.717) is 23.9 Å². The Balaban J connectivity index is 3.89. The first-order valence-electron chi connectivity index (χ1n) is 39.7. The molecular formula is C80H155NO8P+. The second-order valence-electron chi connectivity index (χ2n) is 28.4. The van der Waals surface area contributed by atoms with Crippen molar-refractivity contribution in [1.82, 2.24) is 0 Å². The monoisotopic (exact) mass is 1290 g/mol. The Morgan fingerprint density at radius 2 is 0.600 bits per heavy atom. The van der Waals surface area contributed by atoms with Gasteiger partial charge in [-0.2, -0.15) is 0 Å². The van der Waals surface area contributed by atoms with Crippen LogP contribution in [0.5, 0.6) is 0 Å². The molecule has 0 aliphatic rings. The molecule has 0 aromatic carbocycles. The van der Waals surface area contributed by atoms with Crippen molar-refractivity contribution in [3.8, 4) is 0 Å². The van der Waals surface area contributed by atoms with Crippen molar-refractivity contribution in [1.29, 1.82) is 0 Å². The number of quaternary nitrogens is 1. The lowest BCUT2D eigenvalue weighted by molar-refractivity contribution is -0.870. The summed E-state index contributed by atoms with van der Waals surface area (Å²) >= 11 is 0. The highest BCUT2D eigenvalue weighted by Gasteiger charge is 2.27. The molecule has 2 unspecified atom stereocenters. The Bertz CT molecular complexity index is 1610. The number of phosphoric acid groups is 1. The zero-order valence-electron chi connectivity index (χ0n) is 60.9. The first kappa shape index (κ1) is 88.2. The predicted octanol–water partition coefficient (Wildman–Crippen LogP) is 26.2. The summed E-state index contributed by atoms with van der Waals surface area (Å²) < 4.78 is 34.8. The zero-order valence-corrected chi connectivity index (χ0v) is 61.8. The van der Waals surface area contributed by atoms with E-state index in [9.17, 15) is 19.0 Å². The lowest BCUT2D eigenvalue weighted by Gasteiger charge is -2.24. The summed E-state index contributed by atoms with van der Waals surface area (Å²) in [5.74, 6) is -0.772. The van der Waals surface area contributed by atoms with Gasteiger partial charge in [0.1, 0.15) is 19.8 Å². The molecule has 0 rings (SSSR count). The molecule has 2 atom stereocenters. The van der Waals surface area contributed by atoms with Crippen LogP contribution in [-0.4, -0.2) is 74.9 Å². The van der Waals surface area contributed by atoms with Crippen molar-refractivity contribution < 1.29 is 42.1 Å². The van der Waals surface area contributed by atoms with E-state index >= 15 is 0 Å². The average Bonchev–Trinajstić information content (AvgIpc) is 3.58. The van der Waals surface area contributed by atoms with Crippen LogP contribution in [0.3, 0.4) is 0 Å². The van der Waals surface area contributed by atoms with Crippen LogP contribution in [0.2, 0.25) is 0 Å². The molecule has 0 spiro atoms. The molecule has 0 heterocycles. The molecular weight excluding hydrogens is 1130 g/mol. The fourth-order valence-corrected chi connectivity index (χ4v) is 12.8. The summed E-state index contributed by atoms with van der Waals surface area (Å²) in [5.41, 5.74) is 0. The zero-order chi connectivity index (χ0) is 65.5. The third-order valence-corrected chi connectivity index (χ3v) is 19.1. The summed E-state index contributed by atoms with van der Waals surface area (Å²) in [4.78, 5) is 36.0. The highest BCUT2D eigenvalue weighted by Crippen LogP contribution is 2.43. The largest absolute Gasteiger partial charge is 0.472 e. The van der Waals surface area contributed by atoms with E-state index in [2.05, 4.69) is 50.3 Å². The number of hydrogen-bond acceptors (Lipinski definition) is 7. The van der Waals surface area contributed by atoms with Crippen LogP contribution in [0.1, 0.15) is 412 Å². The number of carbonyl (C=O) groups excluding carboxylic acids is 2. The van der Waals surface area contributed by atoms with Crippen molar-refractivity contribution in [2.45, 2.75) is 418 Å². The van der Waals surface area contributed by atoms with Gasteiger partial charge in [-0.1, -0.05) is 365 Å². The second kappa shape index (κ2) is 71.5. The van der Waals surface area contributed by atoms with Gasteiger partial charge in [-0.25, -0.2) is 4.57 Å². The molecule has 1 N–H and O–H groups in total. The molecule has 0 aromatic rings. The number of unbranched alkanes of at least 4 members (excludes halogenated alkanes) is 55. The molecule has 0 aliphatic heterocycles. The number of rotatable bonds is 75. The topological polar surface area (TPSA) is 108 Å². The first-order chi connectivity index (χ1) is 44.0. The number of carbonyl (C=O) groups is 2. The summed E-state index contributed by atoms with van der Waals surface area (Å²) in [5, 5.41) is 0. The molecule has 532 valence electrons. The van der Waals surface area contributed by atoms with E-state index < -0.39 is 26.5 Å². The smallest absolute Gasteiger partial charge is 0.462 e. The van der Waals surface area contributed by atoms with Gasteiger partial charge in [0.2, 0.25) is 0 Å². The lowest BCUT2D eigenvalue weighted by Crippen LogP contribution is -2.37. The SMILES string of the molecule is CCCCCCC/C=C\C/C=C\CCCCCCCCCCCCCCCCCCCCCCCCCCCCCC(=O)OC(COC(=O)CCCCCCCCCCCCCCCCC/C=C\CCCCCCCCCC)COP(=O)(O)OCC[N+](C)(C)C. The van der Waals surface area contributed by atoms with Gasteiger partial charge in [-0.15, -0.1) is 0 Å². The number of nitrogens with zero attached hydrogens (tertiary/aromatic N) is 1. The second-order valence-corrected chi connectivity index (χ2v) is 29.9. The molecule has 0 saturated carbocycles. The molecule has 0 aromatic heterocycles. The van der Waals surface area contributed by atoms with Crippen LogP contribution < -0.4 is 0 Å². The maximum Gasteiger partial charge on any atom is 0.472 e. The highest BCUT2D eigenvalue weighted by molar-refractivity contribution is 7.47. The average molecular weight is 1290 g/mol. The number of phosphoric ester groups is 1. The van der Waals surface area contributed by atoms with Gasteiger partial charge in [-0.3, -0.25) is 18.6 Å². The summed E-state index contributed by atoms with van der Waals surface area (Å²) in [6.45, 7) is 4.50. The van der Waals surface area contributed by atoms with Gasteiger partial charge >= 0.3 is 19.8 Å². The van der Waals surface area contributed by atoms with Crippen molar-refractivity contribution in [2.24, 2.45) is 0 Å². The maximum absolute atomic E-state index is 12.9. The van der Waals surface area contributed by atoms with E-state index in [4.69, 9.17) is 18.5 Å². The molecule has 0 bridgehead atoms. The van der Waals surface area contributed by atoms with E-state index in [0.717, 1.165) is 38.5 Å². The van der Waals surface area contributed by atoms with Crippen LogP contribution in [0.4, 0.5) is 0 Å². The lowest BCUT2D eigenvalue weighted by atomic mass is 10.0. The quantitative estimate of drug-likeness (QED) is 0.0211. The molecule has 0 aliphatic carbocycles. The number of allylic oxidation sites excluding steroid dienone is 6. The standard InChI is InChI=1S/C80H154NO8P/c1-6-8-10-12-14-16-18-20-22-24-26-28-30-32-34-35-36-37-38-39-40-41-42-43-44-45-47-49-51-53-55-57-59-61-63-65-67-69-71-73-80(83)89-78(77-88-90(84,85)87-75-74-81(3,4)5)76-86-79(82)72-70-68-66-64-62-60-58-56-54-52-50-48-46-33-31-29-27-25-23-21-19-17-15-13-11-9-7-2/h18,20,24-27,78H,6-17,19,21-23,28-77H2,1-5H3/p+1/b20-18-,26-24-,27-25-. The minimum atomic E-state index is -4.39. The Kier molecular flexibility index (Phi) is 70.1. The van der Waals surface area contributed by atoms with Crippen molar-refractivity contribution >= 4 is 19.8 Å². The summed E-state index contributed by atoms with van der Waals surface area (Å²) in [6, 6.07) is 0. The van der Waals surface area contributed by atoms with Gasteiger partial charge in [0.05, 0.1) is 27.7 Å². The van der Waals surface area contributed by atoms with Crippen LogP contribution >= 0.6 is 7.82 Å². The van der Waals surface area contributed by atoms with Crippen LogP contribution in [0, 0.1) is 0 Å². The summed E-state index contributed by atoms with van der Waals surface area (Å²) in [7, 11) is 1.50. The van der Waals surface area contributed by atoms with Crippen LogP contribution in [0.25, 0.3) is 0 Å². The predicted molar refractivity (Wildman–Crippen MR) is 390 cm³/mol. The fourth-order valence-electron chi connectivity index (χ4n) is 12.0. The minimum Gasteiger partial charge on any atom is -0.462 e. The van der Waals surface area contributed by atoms with Gasteiger partial charge in [-0.05, 0) is 70.6 Å². The number of ether oxygens (including phenoxy) is 2. The molecule has 0 saturated heterocycles. The molecule has 0 fully saturated rings. The molecule has 90 heavy (non-hydrogen) atoms. The van der Waals surface area contributed by atoms with Gasteiger partial charge in [0, 0.05) is 12.8 Å². The Hall–Kier alpha value is -1.77. The normalized spacial score (nSPS) is 13.2. The molecule has 10 heteroatoms. The van der Waals surface area contributed by atoms with Gasteiger partial charge in [0.15, 0.2) is 6.10 Å². The van der Waals surface area contributed by atoms with Crippen LogP contribution in [-0.2, 0) is 32.7 Å². The van der Waals surface area contributed by atoms with E-state index in [1.165, 1.54) is 340 Å². The van der Waals surface area contributed by atoms with Crippen molar-refractivity contribution in [3.63, 3.8) is 0 Å². The highest BCUT2D eigenvalue weighted by atomic mass is 31.2. The van der Waals surface area contributed by atoms with Crippen molar-refractivity contribution in [3.05, 3.63) is 36.5 Å². The van der Waals surface area contributed by atoms with Crippen LogP contribution in [0.15, 0.2) is 36.5 Å². The Morgan fingerprint density at radius 3 is 0.889 bits per heavy atom. The fraction of sp³-hybridized carbons (Fsp3) is 0.900. The van der Waals surface area contributed by atoms with E-state index in [1.54, 1.807) is 0 Å². The third kappa shape index (κ3) is 75.3. The number of likely N-dealkylation sites (N-methyl/N-ethyl adjacent to an activating group) is 1. The molecule has 9 nitrogen and oxygen atoms in total. The third-order valence-electron chi connectivity index (χ3n) is 18.1. The van der Waals surface area contributed by atoms with Gasteiger partial charge in [0.25, 0.3) is 0 Å². The van der Waals surface area contributed by atoms with Crippen molar-refractivity contribution in [2.75, 3.05) is 47.5 Å². The number of hydrogen-bond donors (Lipinski definition) is 1. The number of esters is 2. The Morgan fingerprint density at radius 1 is 0.344 bits per heavy atom. The van der Waals surface area contributed by atoms with E-state index in [1.807, 2.05) is 21.1 Å². The van der Waals surface area contributed by atoms with E-state index in [-0.39, 0.29) is 25.6 Å². The molecule has 0 radical (unpaired) electrons. The first-order valence-corrected chi connectivity index (χ1v) is 41.2. The van der Waals surface area contributed by atoms with Gasteiger partial charge < -0.3 is 18.9 Å². The minimum absolute atomic E-state index is 0.0353. The summed E-state index contributed by atoms with van der Waals surface area (Å²) in [6.07, 6.45) is 93.0. The molecule has 0 amide bonds. The Labute approximate surface area is 561 Å². The maximum atomic E-state index is 12.9.